The van der Waals surface area contributed by atoms with E-state index < -0.39 is 11.2 Å². The highest BCUT2D eigenvalue weighted by atomic mass is 32.1. The number of H-pyrrole nitrogens is 2. The molecular formula is C14H20N4O3S. The van der Waals surface area contributed by atoms with Crippen molar-refractivity contribution < 1.29 is 4.74 Å². The van der Waals surface area contributed by atoms with E-state index in [4.69, 9.17) is 17.0 Å². The number of methoxy groups -OCH3 is 1. The van der Waals surface area contributed by atoms with Gasteiger partial charge in [-0.15, -0.1) is 0 Å². The molecule has 0 unspecified atom stereocenters. The highest BCUT2D eigenvalue weighted by Crippen LogP contribution is 2.19. The molecule has 2 heterocycles. The van der Waals surface area contributed by atoms with E-state index in [0.717, 1.165) is 0 Å². The number of hydrogen-bond donors (Lipinski definition) is 2. The van der Waals surface area contributed by atoms with Gasteiger partial charge in [-0.05, 0) is 5.41 Å². The molecule has 0 aromatic carbocycles. The SMILES string of the molecule is COCCn1c(=O)[nH]c(=O)c2c(=S)nc(CC(C)(C)C)[nH]c21. The first kappa shape index (κ1) is 16.6. The third-order valence-corrected chi connectivity index (χ3v) is 3.42. The molecule has 0 saturated heterocycles. The molecule has 120 valence electrons. The van der Waals surface area contributed by atoms with Gasteiger partial charge in [0.1, 0.15) is 21.5 Å². The van der Waals surface area contributed by atoms with E-state index in [0.29, 0.717) is 31.0 Å². The maximum Gasteiger partial charge on any atom is 0.330 e. The van der Waals surface area contributed by atoms with E-state index in [1.54, 1.807) is 7.11 Å². The number of nitrogens with one attached hydrogen (secondary N) is 2. The summed E-state index contributed by atoms with van der Waals surface area (Å²) in [6.07, 6.45) is 0.651. The molecule has 0 radical (unpaired) electrons. The minimum absolute atomic E-state index is 0.00218. The van der Waals surface area contributed by atoms with Gasteiger partial charge < -0.3 is 9.72 Å². The van der Waals surface area contributed by atoms with Crippen molar-refractivity contribution in [2.45, 2.75) is 33.7 Å². The van der Waals surface area contributed by atoms with E-state index in [-0.39, 0.29) is 15.4 Å². The number of rotatable bonds is 4. The lowest BCUT2D eigenvalue weighted by Crippen LogP contribution is -2.32. The second-order valence-corrected chi connectivity index (χ2v) is 6.74. The summed E-state index contributed by atoms with van der Waals surface area (Å²) in [5, 5.41) is 0.225. The Morgan fingerprint density at radius 3 is 2.55 bits per heavy atom. The number of fused-ring (bicyclic) bond motifs is 1. The topological polar surface area (TPSA) is 92.8 Å². The molecular weight excluding hydrogens is 304 g/mol. The predicted molar refractivity (Wildman–Crippen MR) is 86.8 cm³/mol. The number of ether oxygens (including phenoxy) is 1. The van der Waals surface area contributed by atoms with Gasteiger partial charge in [0.05, 0.1) is 13.2 Å². The molecule has 7 nitrogen and oxygen atoms in total. The molecule has 0 spiro atoms. The molecule has 0 bridgehead atoms. The zero-order valence-corrected chi connectivity index (χ0v) is 14.0. The first-order valence-electron chi connectivity index (χ1n) is 6.98. The van der Waals surface area contributed by atoms with Crippen molar-refractivity contribution in [2.24, 2.45) is 5.41 Å². The van der Waals surface area contributed by atoms with Crippen molar-refractivity contribution in [3.8, 4) is 0 Å². The molecule has 0 fully saturated rings. The van der Waals surface area contributed by atoms with Crippen LogP contribution in [0, 0.1) is 10.1 Å². The van der Waals surface area contributed by atoms with Crippen molar-refractivity contribution in [1.82, 2.24) is 19.5 Å². The van der Waals surface area contributed by atoms with Crippen molar-refractivity contribution in [2.75, 3.05) is 13.7 Å². The molecule has 2 rings (SSSR count). The number of aromatic amines is 2. The van der Waals surface area contributed by atoms with Gasteiger partial charge in [-0.25, -0.2) is 9.78 Å². The normalized spacial score (nSPS) is 12.0. The molecule has 0 aliphatic heterocycles. The lowest BCUT2D eigenvalue weighted by molar-refractivity contribution is 0.187. The highest BCUT2D eigenvalue weighted by Gasteiger charge is 2.16. The van der Waals surface area contributed by atoms with Crippen molar-refractivity contribution in [3.63, 3.8) is 0 Å². The van der Waals surface area contributed by atoms with Crippen molar-refractivity contribution in [3.05, 3.63) is 31.3 Å². The molecule has 0 amide bonds. The van der Waals surface area contributed by atoms with Crippen LogP contribution in [0.2, 0.25) is 0 Å². The summed E-state index contributed by atoms with van der Waals surface area (Å²) in [4.78, 5) is 33.7. The number of aromatic nitrogens is 4. The lowest BCUT2D eigenvalue weighted by atomic mass is 9.92. The fourth-order valence-corrected chi connectivity index (χ4v) is 2.52. The van der Waals surface area contributed by atoms with Gasteiger partial charge >= 0.3 is 5.69 Å². The number of nitrogens with zero attached hydrogens (tertiary/aromatic N) is 2. The fourth-order valence-electron chi connectivity index (χ4n) is 2.22. The van der Waals surface area contributed by atoms with Gasteiger partial charge in [0.25, 0.3) is 5.56 Å². The van der Waals surface area contributed by atoms with Crippen molar-refractivity contribution in [1.29, 1.82) is 0 Å². The molecule has 2 N–H and O–H groups in total. The van der Waals surface area contributed by atoms with Crippen molar-refractivity contribution >= 4 is 23.3 Å². The molecule has 0 atom stereocenters. The molecule has 8 heteroatoms. The Bertz CT molecular complexity index is 857. The quantitative estimate of drug-likeness (QED) is 0.829. The van der Waals surface area contributed by atoms with Gasteiger partial charge in [0.2, 0.25) is 0 Å². The van der Waals surface area contributed by atoms with Crippen LogP contribution < -0.4 is 11.2 Å². The van der Waals surface area contributed by atoms with E-state index in [2.05, 4.69) is 35.7 Å². The van der Waals surface area contributed by atoms with Gasteiger partial charge in [0.15, 0.2) is 0 Å². The Labute approximate surface area is 132 Å². The second kappa shape index (κ2) is 6.13. The standard InChI is InChI=1S/C14H20N4O3S/c1-14(2,3)7-8-15-10-9(12(22)16-8)11(19)17-13(20)18(10)5-6-21-4/h5-7H2,1-4H3,(H,15,16,22)(H,17,19,20). The Hall–Kier alpha value is -1.80. The highest BCUT2D eigenvalue weighted by molar-refractivity contribution is 7.71. The van der Waals surface area contributed by atoms with E-state index in [1.165, 1.54) is 4.57 Å². The van der Waals surface area contributed by atoms with Gasteiger partial charge in [-0.2, -0.15) is 0 Å². The summed E-state index contributed by atoms with van der Waals surface area (Å²) in [7, 11) is 1.55. The molecule has 22 heavy (non-hydrogen) atoms. The maximum atomic E-state index is 12.0. The second-order valence-electron chi connectivity index (χ2n) is 6.35. The van der Waals surface area contributed by atoms with Crippen LogP contribution in [0.5, 0.6) is 0 Å². The third-order valence-electron chi connectivity index (χ3n) is 3.13. The summed E-state index contributed by atoms with van der Waals surface area (Å²) < 4.78 is 6.63. The summed E-state index contributed by atoms with van der Waals surface area (Å²) in [6, 6.07) is 0. The monoisotopic (exact) mass is 324 g/mol. The average molecular weight is 324 g/mol. The Balaban J connectivity index is 2.75. The zero-order valence-electron chi connectivity index (χ0n) is 13.1. The summed E-state index contributed by atoms with van der Waals surface area (Å²) in [5.41, 5.74) is -0.625. The van der Waals surface area contributed by atoms with Gasteiger partial charge in [-0.1, -0.05) is 33.0 Å². The van der Waals surface area contributed by atoms with Crippen LogP contribution in [0.3, 0.4) is 0 Å². The fraction of sp³-hybridized carbons (Fsp3) is 0.571. The molecule has 2 aromatic heterocycles. The molecule has 0 aliphatic rings. The summed E-state index contributed by atoms with van der Waals surface area (Å²) >= 11 is 5.24. The van der Waals surface area contributed by atoms with E-state index in [1.807, 2.05) is 0 Å². The number of hydrogen-bond acceptors (Lipinski definition) is 5. The summed E-state index contributed by atoms with van der Waals surface area (Å²) in [6.45, 7) is 6.88. The van der Waals surface area contributed by atoms with Gasteiger partial charge in [-0.3, -0.25) is 14.3 Å². The van der Waals surface area contributed by atoms with Crippen LogP contribution in [0.15, 0.2) is 9.59 Å². The largest absolute Gasteiger partial charge is 0.383 e. The van der Waals surface area contributed by atoms with Crippen LogP contribution in [0.1, 0.15) is 26.6 Å². The predicted octanol–water partition coefficient (Wildman–Crippen LogP) is 1.38. The molecule has 0 aliphatic carbocycles. The Morgan fingerprint density at radius 2 is 1.95 bits per heavy atom. The first-order chi connectivity index (χ1) is 10.2. The van der Waals surface area contributed by atoms with Gasteiger partial charge in [0, 0.05) is 13.5 Å². The molecule has 0 saturated carbocycles. The van der Waals surface area contributed by atoms with E-state index in [9.17, 15) is 9.59 Å². The van der Waals surface area contributed by atoms with Crippen LogP contribution in [-0.4, -0.2) is 33.2 Å². The Kier molecular flexibility index (Phi) is 4.62. The minimum atomic E-state index is -0.523. The molecule has 2 aromatic rings. The first-order valence-corrected chi connectivity index (χ1v) is 7.39. The van der Waals surface area contributed by atoms with E-state index >= 15 is 0 Å². The third kappa shape index (κ3) is 3.50. The maximum absolute atomic E-state index is 12.0. The Morgan fingerprint density at radius 1 is 1.27 bits per heavy atom. The average Bonchev–Trinajstić information content (AvgIpc) is 2.35. The van der Waals surface area contributed by atoms with Crippen LogP contribution >= 0.6 is 12.2 Å². The smallest absolute Gasteiger partial charge is 0.330 e. The van der Waals surface area contributed by atoms with Crippen LogP contribution in [-0.2, 0) is 17.7 Å². The lowest BCUT2D eigenvalue weighted by Gasteiger charge is -2.18. The van der Waals surface area contributed by atoms with Crippen LogP contribution in [0.4, 0.5) is 0 Å². The minimum Gasteiger partial charge on any atom is -0.383 e. The zero-order chi connectivity index (χ0) is 16.5. The summed E-state index contributed by atoms with van der Waals surface area (Å²) in [5.74, 6) is 0.654. The van der Waals surface area contributed by atoms with Crippen LogP contribution in [0.25, 0.3) is 11.0 Å².